The molecule has 7 nitrogen and oxygen atoms in total. The van der Waals surface area contributed by atoms with Crippen LogP contribution >= 0.6 is 0 Å². The van der Waals surface area contributed by atoms with Gasteiger partial charge in [-0.25, -0.2) is 13.1 Å². The first-order valence-electron chi connectivity index (χ1n) is 11.5. The van der Waals surface area contributed by atoms with E-state index in [1.54, 1.807) is 6.07 Å². The Hall–Kier alpha value is -2.44. The fourth-order valence-corrected chi connectivity index (χ4v) is 6.57. The van der Waals surface area contributed by atoms with Gasteiger partial charge in [0.1, 0.15) is 17.5 Å². The van der Waals surface area contributed by atoms with Crippen molar-refractivity contribution in [1.29, 1.82) is 5.26 Å². The Morgan fingerprint density at radius 1 is 1.18 bits per heavy atom. The van der Waals surface area contributed by atoms with Gasteiger partial charge in [0.15, 0.2) is 0 Å². The zero-order valence-electron chi connectivity index (χ0n) is 18.7. The number of nitriles is 1. The standard InChI is InChI=1S/C25H29N3O4S/c1-33(30,31)27-24-23(29)21-4-2-3-5-22(21)32-25(24)10-12-28(13-11-25)20-9-8-18-14-17(16-26)6-7-19(18)15-20/h2-7,14,20,23-24,27,29H,8-13,15H2,1H3. The maximum Gasteiger partial charge on any atom is 0.209 e. The predicted octanol–water partition coefficient (Wildman–Crippen LogP) is 2.29. The van der Waals surface area contributed by atoms with Crippen LogP contribution in [0.4, 0.5) is 0 Å². The van der Waals surface area contributed by atoms with Crippen molar-refractivity contribution < 1.29 is 18.3 Å². The molecule has 2 aromatic carbocycles. The average Bonchev–Trinajstić information content (AvgIpc) is 2.81. The van der Waals surface area contributed by atoms with E-state index >= 15 is 0 Å². The highest BCUT2D eigenvalue weighted by molar-refractivity contribution is 7.88. The van der Waals surface area contributed by atoms with E-state index in [9.17, 15) is 13.5 Å². The molecule has 3 atom stereocenters. The highest BCUT2D eigenvalue weighted by Crippen LogP contribution is 2.45. The molecule has 0 saturated carbocycles. The number of ether oxygens (including phenoxy) is 1. The van der Waals surface area contributed by atoms with Crippen LogP contribution in [0, 0.1) is 11.3 Å². The third-order valence-corrected chi connectivity index (χ3v) is 8.16. The highest BCUT2D eigenvalue weighted by atomic mass is 32.2. The van der Waals surface area contributed by atoms with E-state index in [0.29, 0.717) is 35.8 Å². The minimum atomic E-state index is -3.53. The van der Waals surface area contributed by atoms with E-state index in [4.69, 9.17) is 10.00 Å². The Labute approximate surface area is 195 Å². The fraction of sp³-hybridized carbons (Fsp3) is 0.480. The van der Waals surface area contributed by atoms with Gasteiger partial charge in [-0.2, -0.15) is 5.26 Å². The van der Waals surface area contributed by atoms with E-state index in [2.05, 4.69) is 21.8 Å². The van der Waals surface area contributed by atoms with Gasteiger partial charge >= 0.3 is 0 Å². The summed E-state index contributed by atoms with van der Waals surface area (Å²) in [5, 5.41) is 20.3. The van der Waals surface area contributed by atoms with Gasteiger partial charge in [-0.15, -0.1) is 0 Å². The van der Waals surface area contributed by atoms with Crippen molar-refractivity contribution in [1.82, 2.24) is 9.62 Å². The van der Waals surface area contributed by atoms with Crippen LogP contribution in [0.2, 0.25) is 0 Å². The number of para-hydroxylation sites is 1. The van der Waals surface area contributed by atoms with Gasteiger partial charge in [-0.1, -0.05) is 24.3 Å². The van der Waals surface area contributed by atoms with Gasteiger partial charge in [-0.3, -0.25) is 4.90 Å². The summed E-state index contributed by atoms with van der Waals surface area (Å²) < 4.78 is 33.4. The minimum Gasteiger partial charge on any atom is -0.485 e. The van der Waals surface area contributed by atoms with Crippen molar-refractivity contribution in [2.75, 3.05) is 19.3 Å². The second-order valence-corrected chi connectivity index (χ2v) is 11.3. The molecule has 8 heteroatoms. The van der Waals surface area contributed by atoms with Gasteiger partial charge in [0, 0.05) is 37.5 Å². The van der Waals surface area contributed by atoms with Gasteiger partial charge in [0.2, 0.25) is 10.0 Å². The van der Waals surface area contributed by atoms with E-state index in [0.717, 1.165) is 38.6 Å². The highest BCUT2D eigenvalue weighted by Gasteiger charge is 2.52. The average molecular weight is 468 g/mol. The molecule has 1 aliphatic carbocycles. The number of hydrogen-bond donors (Lipinski definition) is 2. The number of aryl methyl sites for hydroxylation is 1. The number of aliphatic hydroxyl groups is 1. The second-order valence-electron chi connectivity index (χ2n) is 9.55. The number of rotatable bonds is 3. The van der Waals surface area contributed by atoms with Crippen LogP contribution in [-0.4, -0.2) is 55.5 Å². The third-order valence-electron chi connectivity index (χ3n) is 7.47. The summed E-state index contributed by atoms with van der Waals surface area (Å²) in [6.45, 7) is 1.54. The normalized spacial score (nSPS) is 26.6. The third kappa shape index (κ3) is 4.26. The van der Waals surface area contributed by atoms with Crippen molar-refractivity contribution in [3.63, 3.8) is 0 Å². The van der Waals surface area contributed by atoms with Crippen LogP contribution in [0.3, 0.4) is 0 Å². The summed E-state index contributed by atoms with van der Waals surface area (Å²) in [6, 6.07) is 15.2. The molecule has 0 amide bonds. The number of nitrogens with one attached hydrogen (secondary N) is 1. The minimum absolute atomic E-state index is 0.407. The predicted molar refractivity (Wildman–Crippen MR) is 124 cm³/mol. The van der Waals surface area contributed by atoms with Crippen LogP contribution in [0.5, 0.6) is 5.75 Å². The largest absolute Gasteiger partial charge is 0.485 e. The Kier molecular flexibility index (Phi) is 5.69. The van der Waals surface area contributed by atoms with Gasteiger partial charge < -0.3 is 9.84 Å². The molecule has 2 heterocycles. The Morgan fingerprint density at radius 3 is 2.67 bits per heavy atom. The van der Waals surface area contributed by atoms with Crippen molar-refractivity contribution in [2.45, 2.75) is 55.9 Å². The molecule has 1 fully saturated rings. The summed E-state index contributed by atoms with van der Waals surface area (Å²) in [7, 11) is -3.53. The van der Waals surface area contributed by atoms with Gasteiger partial charge in [0.05, 0.1) is 23.9 Å². The quantitative estimate of drug-likeness (QED) is 0.718. The topological polar surface area (TPSA) is 103 Å². The first-order chi connectivity index (χ1) is 15.8. The molecule has 2 N–H and O–H groups in total. The van der Waals surface area contributed by atoms with Crippen LogP contribution < -0.4 is 9.46 Å². The van der Waals surface area contributed by atoms with Crippen LogP contribution in [-0.2, 0) is 22.9 Å². The molecular weight excluding hydrogens is 438 g/mol. The number of likely N-dealkylation sites (tertiary alicyclic amines) is 1. The lowest BCUT2D eigenvalue weighted by Crippen LogP contribution is -2.65. The zero-order valence-corrected chi connectivity index (χ0v) is 19.5. The maximum atomic E-state index is 12.1. The number of piperidine rings is 1. The first-order valence-corrected chi connectivity index (χ1v) is 13.4. The lowest BCUT2D eigenvalue weighted by Gasteiger charge is -2.52. The lowest BCUT2D eigenvalue weighted by atomic mass is 9.77. The van der Waals surface area contributed by atoms with Crippen molar-refractivity contribution >= 4 is 10.0 Å². The Morgan fingerprint density at radius 2 is 1.94 bits per heavy atom. The van der Waals surface area contributed by atoms with Crippen LogP contribution in [0.1, 0.15) is 47.6 Å². The monoisotopic (exact) mass is 467 g/mol. The van der Waals surface area contributed by atoms with E-state index < -0.39 is 27.8 Å². The van der Waals surface area contributed by atoms with E-state index in [-0.39, 0.29) is 0 Å². The molecule has 174 valence electrons. The van der Waals surface area contributed by atoms with Crippen LogP contribution in [0.25, 0.3) is 0 Å². The van der Waals surface area contributed by atoms with Crippen molar-refractivity contribution in [3.05, 3.63) is 64.7 Å². The summed E-state index contributed by atoms with van der Waals surface area (Å²) in [6.07, 6.45) is 4.35. The smallest absolute Gasteiger partial charge is 0.209 e. The lowest BCUT2D eigenvalue weighted by molar-refractivity contribution is -0.0825. The molecule has 0 aromatic heterocycles. The number of sulfonamides is 1. The van der Waals surface area contributed by atoms with E-state index in [1.165, 1.54) is 11.1 Å². The SMILES string of the molecule is CS(=O)(=O)NC1C(O)c2ccccc2OC12CCN(C1CCc3cc(C#N)ccc3C1)CC2. The molecule has 33 heavy (non-hydrogen) atoms. The zero-order chi connectivity index (χ0) is 23.2. The van der Waals surface area contributed by atoms with Crippen molar-refractivity contribution in [2.24, 2.45) is 0 Å². The molecule has 3 aliphatic rings. The molecule has 1 saturated heterocycles. The molecule has 5 rings (SSSR count). The number of fused-ring (bicyclic) bond motifs is 2. The number of hydrogen-bond acceptors (Lipinski definition) is 6. The second kappa shape index (κ2) is 8.41. The molecule has 0 bridgehead atoms. The first kappa shape index (κ1) is 22.4. The number of aliphatic hydroxyl groups excluding tert-OH is 1. The summed E-state index contributed by atoms with van der Waals surface area (Å²) in [4.78, 5) is 2.47. The molecular formula is C25H29N3O4S. The molecule has 0 radical (unpaired) electrons. The molecule has 2 aromatic rings. The number of nitrogens with zero attached hydrogens (tertiary/aromatic N) is 2. The molecule has 1 spiro atoms. The van der Waals surface area contributed by atoms with Crippen LogP contribution in [0.15, 0.2) is 42.5 Å². The summed E-state index contributed by atoms with van der Waals surface area (Å²) in [5.41, 5.74) is 3.12. The summed E-state index contributed by atoms with van der Waals surface area (Å²) in [5.74, 6) is 0.630. The Bertz CT molecular complexity index is 1200. The maximum absolute atomic E-state index is 12.1. The van der Waals surface area contributed by atoms with Crippen molar-refractivity contribution in [3.8, 4) is 11.8 Å². The fourth-order valence-electron chi connectivity index (χ4n) is 5.77. The summed E-state index contributed by atoms with van der Waals surface area (Å²) >= 11 is 0. The van der Waals surface area contributed by atoms with Gasteiger partial charge in [-0.05, 0) is 48.6 Å². The van der Waals surface area contributed by atoms with E-state index in [1.807, 2.05) is 30.3 Å². The molecule has 2 aliphatic heterocycles. The molecule has 3 unspecified atom stereocenters. The van der Waals surface area contributed by atoms with Gasteiger partial charge in [0.25, 0.3) is 0 Å². The Balaban J connectivity index is 1.35. The number of benzene rings is 2.